The van der Waals surface area contributed by atoms with E-state index in [0.717, 1.165) is 143 Å². The fourth-order valence-corrected chi connectivity index (χ4v) is 15.5. The average molecular weight is 1360 g/mol. The number of hydrogen-bond donors (Lipinski definition) is 0. The smallest absolute Gasteiger partial charge is 0.299 e. The third-order valence-electron chi connectivity index (χ3n) is 20.8. The highest BCUT2D eigenvalue weighted by molar-refractivity contribution is 6.20. The summed E-state index contributed by atoms with van der Waals surface area (Å²) in [6.45, 7) is 10.7. The lowest BCUT2D eigenvalue weighted by Gasteiger charge is -2.19. The molecule has 0 N–H and O–H groups in total. The Bertz CT molecular complexity index is 6760. The Morgan fingerprint density at radius 2 is 0.767 bits per heavy atom. The van der Waals surface area contributed by atoms with E-state index in [1.165, 1.54) is 82.6 Å². The Morgan fingerprint density at radius 3 is 1.28 bits per heavy atom. The molecule has 103 heavy (non-hydrogen) atoms. The van der Waals surface area contributed by atoms with Crippen LogP contribution < -0.4 is 18.3 Å². The monoisotopic (exact) mass is 1360 g/mol. The van der Waals surface area contributed by atoms with E-state index in [9.17, 15) is 0 Å². The first-order chi connectivity index (χ1) is 50.3. The van der Waals surface area contributed by atoms with Crippen molar-refractivity contribution in [2.24, 2.45) is 28.2 Å². The van der Waals surface area contributed by atoms with Gasteiger partial charge < -0.3 is 35.3 Å². The van der Waals surface area contributed by atoms with Crippen LogP contribution in [0.1, 0.15) is 71.5 Å². The average Bonchev–Trinajstić information content (AvgIpc) is 1.61. The first kappa shape index (κ1) is 62.7. The molecule has 0 atom stereocenters. The van der Waals surface area contributed by atoms with Crippen molar-refractivity contribution in [1.82, 2.24) is 15.0 Å². The molecule has 1 fully saturated rings. The minimum Gasteiger partial charge on any atom is -0.452 e. The molecule has 0 bridgehead atoms. The number of para-hydroxylation sites is 4. The van der Waals surface area contributed by atoms with Gasteiger partial charge in [-0.15, -0.1) is 0 Å². The number of pyridine rings is 1. The van der Waals surface area contributed by atoms with Gasteiger partial charge in [-0.3, -0.25) is 0 Å². The fraction of sp³-hybridized carbons (Fsp3) is 0.170. The van der Waals surface area contributed by atoms with Gasteiger partial charge in [-0.1, -0.05) is 107 Å². The number of hydrogen-bond acceptors (Lipinski definition) is 11. The van der Waals surface area contributed by atoms with Gasteiger partial charge in [0.05, 0.1) is 59.2 Å². The maximum absolute atomic E-state index is 6.30. The summed E-state index contributed by atoms with van der Waals surface area (Å²) in [5, 5.41) is 11.8. The lowest BCUT2D eigenvalue weighted by molar-refractivity contribution is -0.663. The highest BCUT2D eigenvalue weighted by Crippen LogP contribution is 2.45. The summed E-state index contributed by atoms with van der Waals surface area (Å²) < 4.78 is 56.5. The molecule has 15 nitrogen and oxygen atoms in total. The summed E-state index contributed by atoms with van der Waals surface area (Å²) in [5.41, 5.74) is 24.9. The Balaban J connectivity index is 0.0000000985. The van der Waals surface area contributed by atoms with Crippen molar-refractivity contribution in [3.8, 4) is 45.0 Å². The Hall–Kier alpha value is -12.5. The lowest BCUT2D eigenvalue weighted by atomic mass is 9.86. The minimum absolute atomic E-state index is 0.583. The van der Waals surface area contributed by atoms with Crippen LogP contribution in [0.15, 0.2) is 249 Å². The van der Waals surface area contributed by atoms with E-state index in [1.54, 1.807) is 25.0 Å². The predicted octanol–water partition coefficient (Wildman–Crippen LogP) is 21.1. The number of aryl methyl sites for hydroxylation is 9. The van der Waals surface area contributed by atoms with Gasteiger partial charge in [0.2, 0.25) is 5.69 Å². The summed E-state index contributed by atoms with van der Waals surface area (Å²) in [7, 11) is 8.12. The summed E-state index contributed by atoms with van der Waals surface area (Å²) in [6, 6.07) is 60.0. The predicted molar refractivity (Wildman–Crippen MR) is 403 cm³/mol. The van der Waals surface area contributed by atoms with Crippen molar-refractivity contribution in [2.75, 3.05) is 0 Å². The van der Waals surface area contributed by atoms with Crippen LogP contribution in [0.3, 0.4) is 0 Å². The van der Waals surface area contributed by atoms with Crippen LogP contribution >= 0.6 is 0 Å². The molecular weight excluding hydrogens is 1280 g/mol. The number of furan rings is 8. The molecule has 15 heteroatoms. The third-order valence-corrected chi connectivity index (χ3v) is 20.8. The molecule has 0 aliphatic heterocycles. The van der Waals surface area contributed by atoms with Crippen LogP contribution in [-0.2, 0) is 28.2 Å². The SMILES string of the molecule is Cc1cc2c(cc1-c1cc(C3CCCCC3)nc[n+]1C)oc1oc3ccccc3c12.Cc1cc2c(cc1-c1ccnc[n+]1C)oc1oc3ccccc3c12.Cc1cc[n+](C)c(-c2cc3oc4oc5ccccc5c4c3cc2C)c1.Cc1ccc2c(oc3c4ccccc4oc23)c1-c1ccnc[n+]1C. The van der Waals surface area contributed by atoms with Crippen molar-refractivity contribution in [3.05, 3.63) is 247 Å². The molecular formula is C88H73N7O8+4. The topological polar surface area (TPSA) is 159 Å². The molecule has 0 radical (unpaired) electrons. The van der Waals surface area contributed by atoms with E-state index in [2.05, 4.69) is 159 Å². The molecule has 1 aliphatic carbocycles. The van der Waals surface area contributed by atoms with Crippen LogP contribution in [0.5, 0.6) is 0 Å². The minimum atomic E-state index is 0.583. The number of rotatable bonds is 5. The van der Waals surface area contributed by atoms with Crippen LogP contribution in [0, 0.1) is 34.6 Å². The summed E-state index contributed by atoms with van der Waals surface area (Å²) >= 11 is 0. The highest BCUT2D eigenvalue weighted by Gasteiger charge is 2.28. The van der Waals surface area contributed by atoms with Crippen LogP contribution in [0.2, 0.25) is 0 Å². The number of benzene rings is 8. The maximum atomic E-state index is 6.30. The number of aromatic nitrogens is 7. The van der Waals surface area contributed by atoms with Gasteiger partial charge in [0.25, 0.3) is 36.3 Å². The van der Waals surface area contributed by atoms with E-state index in [-0.39, 0.29) is 0 Å². The molecule has 1 aliphatic rings. The van der Waals surface area contributed by atoms with Crippen molar-refractivity contribution in [2.45, 2.75) is 72.6 Å². The Kier molecular flexibility index (Phi) is 15.2. The molecule has 21 rings (SSSR count). The van der Waals surface area contributed by atoms with Gasteiger partial charge in [-0.05, 0) is 148 Å². The van der Waals surface area contributed by atoms with Crippen molar-refractivity contribution >= 4 is 132 Å². The van der Waals surface area contributed by atoms with E-state index < -0.39 is 0 Å². The fourth-order valence-electron chi connectivity index (χ4n) is 15.5. The number of nitrogens with zero attached hydrogens (tertiary/aromatic N) is 7. The van der Waals surface area contributed by atoms with Gasteiger partial charge in [-0.25, -0.2) is 18.3 Å². The maximum Gasteiger partial charge on any atom is 0.299 e. The quantitative estimate of drug-likeness (QED) is 0.151. The largest absolute Gasteiger partial charge is 0.452 e. The highest BCUT2D eigenvalue weighted by atomic mass is 16.5. The Labute approximate surface area is 590 Å². The molecule has 8 aromatic carbocycles. The third kappa shape index (κ3) is 10.8. The van der Waals surface area contributed by atoms with Crippen molar-refractivity contribution in [3.63, 3.8) is 0 Å². The van der Waals surface area contributed by atoms with Gasteiger partial charge in [0, 0.05) is 79.7 Å². The van der Waals surface area contributed by atoms with E-state index in [1.807, 2.05) is 121 Å². The second kappa shape index (κ2) is 25.0. The summed E-state index contributed by atoms with van der Waals surface area (Å²) in [6.07, 6.45) is 17.8. The molecule has 0 spiro atoms. The van der Waals surface area contributed by atoms with Crippen LogP contribution in [-0.4, -0.2) is 15.0 Å². The van der Waals surface area contributed by atoms with E-state index in [0.29, 0.717) is 23.3 Å². The first-order valence-corrected chi connectivity index (χ1v) is 35.1. The normalized spacial score (nSPS) is 12.9. The van der Waals surface area contributed by atoms with Gasteiger partial charge >= 0.3 is 0 Å². The zero-order valence-electron chi connectivity index (χ0n) is 58.7. The molecule has 504 valence electrons. The first-order valence-electron chi connectivity index (χ1n) is 35.1. The van der Waals surface area contributed by atoms with Gasteiger partial charge in [0.15, 0.2) is 28.6 Å². The molecule has 1 saturated carbocycles. The molecule has 0 amide bonds. The van der Waals surface area contributed by atoms with Crippen LogP contribution in [0.4, 0.5) is 0 Å². The molecule has 12 heterocycles. The lowest BCUT2D eigenvalue weighted by Crippen LogP contribution is -2.32. The van der Waals surface area contributed by atoms with Crippen molar-refractivity contribution < 1.29 is 53.6 Å². The standard InChI is InChI=1S/C26H25N2O2.C22H18NO2.2C20H15N2O2/c1-16-12-20-24(30-26-25(20)18-10-6-7-11-23(18)29-26)13-19(16)22-14-21(27-15-28(22)2)17-8-4-3-5-9-17;1-13-8-9-23(3)18(10-13)16-12-20-17(11-14(16)2)21-15-6-4-5-7-19(15)24-22(21)25-20;1-12-9-15-18(10-14(12)16-7-8-21-11-22(16)2)24-20-19(15)13-5-3-4-6-17(13)23-20;1-12-7-8-14-18(17(12)15-9-10-21-11-22(15)2)24-19-13-5-3-4-6-16(13)23-20(14)19/h6-7,10-15,17H,3-5,8-9H2,1-2H3;4-12H,1-3H3;2*3-11H,1-2H3/q4*+1. The van der Waals surface area contributed by atoms with Crippen LogP contribution in [0.25, 0.3) is 177 Å². The van der Waals surface area contributed by atoms with E-state index in [4.69, 9.17) is 40.3 Å². The number of fused-ring (bicyclic) bond motifs is 20. The zero-order chi connectivity index (χ0) is 69.9. The second-order valence-electron chi connectivity index (χ2n) is 27.6. The summed E-state index contributed by atoms with van der Waals surface area (Å²) in [4.78, 5) is 13.1. The van der Waals surface area contributed by atoms with Crippen molar-refractivity contribution in [1.29, 1.82) is 0 Å². The molecule has 0 saturated heterocycles. The molecule has 20 aromatic rings. The van der Waals surface area contributed by atoms with E-state index >= 15 is 0 Å². The zero-order valence-corrected chi connectivity index (χ0v) is 58.7. The Morgan fingerprint density at radius 1 is 0.330 bits per heavy atom. The molecule has 0 unspecified atom stereocenters. The van der Waals surface area contributed by atoms with Gasteiger partial charge in [0.1, 0.15) is 75.6 Å². The summed E-state index contributed by atoms with van der Waals surface area (Å²) in [5.74, 6) is 2.37. The molecule has 12 aromatic heterocycles. The van der Waals surface area contributed by atoms with Gasteiger partial charge in [-0.2, -0.15) is 0 Å². The second-order valence-corrected chi connectivity index (χ2v) is 27.6.